The summed E-state index contributed by atoms with van der Waals surface area (Å²) in [6, 6.07) is 20.7. The predicted octanol–water partition coefficient (Wildman–Crippen LogP) is 6.98. The van der Waals surface area contributed by atoms with Gasteiger partial charge in [0.25, 0.3) is 10.1 Å². The highest BCUT2D eigenvalue weighted by Crippen LogP contribution is 2.28. The van der Waals surface area contributed by atoms with Crippen LogP contribution in [0.25, 0.3) is 28.0 Å². The van der Waals surface area contributed by atoms with Gasteiger partial charge in [0, 0.05) is 23.5 Å². The zero-order chi connectivity index (χ0) is 33.8. The third-order valence-electron chi connectivity index (χ3n) is 7.05. The van der Waals surface area contributed by atoms with Gasteiger partial charge in [0.2, 0.25) is 5.95 Å². The minimum absolute atomic E-state index is 0.0116. The normalized spacial score (nSPS) is 12.0. The Morgan fingerprint density at radius 2 is 1.51 bits per heavy atom. The number of rotatable bonds is 11. The van der Waals surface area contributed by atoms with E-state index in [0.717, 1.165) is 28.0 Å². The van der Waals surface area contributed by atoms with Crippen molar-refractivity contribution in [3.8, 4) is 22.4 Å². The highest BCUT2D eigenvalue weighted by molar-refractivity contribution is 7.86. The van der Waals surface area contributed by atoms with Crippen LogP contribution >= 0.6 is 0 Å². The van der Waals surface area contributed by atoms with Crippen LogP contribution in [-0.4, -0.2) is 60.8 Å². The Bertz CT molecular complexity index is 1970. The van der Waals surface area contributed by atoms with Gasteiger partial charge in [-0.15, -0.1) is 0 Å². The molecule has 0 unspecified atom stereocenters. The zero-order valence-corrected chi connectivity index (χ0v) is 27.8. The van der Waals surface area contributed by atoms with Crippen molar-refractivity contribution in [2.45, 2.75) is 45.1 Å². The standard InChI is InChI=1S/C35H37FN4O6S/c1-24-6-13-28(14-7-24)47(42,43)45-21-20-44-19-18-40(34(41)46-35(3,4)5)32-17-15-29(33(36)38-32)26-9-11-27(12-10-26)30-23-39-22-25(2)8-16-31(39)37-30/h6-17,22-23H,18-21H2,1-5H3. The number of aryl methyl sites for hydroxylation is 2. The van der Waals surface area contributed by atoms with Crippen LogP contribution in [0.15, 0.2) is 90.1 Å². The van der Waals surface area contributed by atoms with Crippen LogP contribution in [0.4, 0.5) is 15.0 Å². The third kappa shape index (κ3) is 8.59. The number of nitrogens with zero attached hydrogens (tertiary/aromatic N) is 4. The van der Waals surface area contributed by atoms with Crippen LogP contribution < -0.4 is 4.90 Å². The number of anilines is 1. The Balaban J connectivity index is 1.24. The largest absolute Gasteiger partial charge is 0.443 e. The SMILES string of the molecule is Cc1ccc(S(=O)(=O)OCCOCCN(C(=O)OC(C)(C)C)c2ccc(-c3ccc(-c4cn5cc(C)ccc5n4)cc3)c(F)n2)cc1. The fourth-order valence-corrected chi connectivity index (χ4v) is 5.60. The predicted molar refractivity (Wildman–Crippen MR) is 177 cm³/mol. The van der Waals surface area contributed by atoms with Crippen LogP contribution in [0.3, 0.4) is 0 Å². The summed E-state index contributed by atoms with van der Waals surface area (Å²) in [5.41, 5.74) is 4.62. The number of imidazole rings is 1. The highest BCUT2D eigenvalue weighted by atomic mass is 32.2. The van der Waals surface area contributed by atoms with Gasteiger partial charge < -0.3 is 13.9 Å². The van der Waals surface area contributed by atoms with E-state index in [1.165, 1.54) is 23.1 Å². The molecule has 5 aromatic rings. The van der Waals surface area contributed by atoms with Crippen LogP contribution in [0, 0.1) is 19.8 Å². The number of carbonyl (C=O) groups is 1. The number of ether oxygens (including phenoxy) is 2. The molecular formula is C35H37FN4O6S. The Kier molecular flexibility index (Phi) is 10.0. The number of fused-ring (bicyclic) bond motifs is 1. The molecule has 0 atom stereocenters. The molecule has 0 fully saturated rings. The first-order valence-electron chi connectivity index (χ1n) is 15.1. The van der Waals surface area contributed by atoms with E-state index in [9.17, 15) is 13.2 Å². The quantitative estimate of drug-likeness (QED) is 0.0847. The van der Waals surface area contributed by atoms with Gasteiger partial charge >= 0.3 is 6.09 Å². The highest BCUT2D eigenvalue weighted by Gasteiger charge is 2.25. The second kappa shape index (κ2) is 14.0. The molecule has 0 aliphatic carbocycles. The monoisotopic (exact) mass is 660 g/mol. The van der Waals surface area contributed by atoms with Gasteiger partial charge in [0.15, 0.2) is 0 Å². The van der Waals surface area contributed by atoms with Gasteiger partial charge in [-0.05, 0) is 76.1 Å². The van der Waals surface area contributed by atoms with E-state index in [-0.39, 0.29) is 42.6 Å². The number of pyridine rings is 2. The molecule has 0 N–H and O–H groups in total. The average molecular weight is 661 g/mol. The molecular weight excluding hydrogens is 623 g/mol. The molecule has 0 radical (unpaired) electrons. The number of aromatic nitrogens is 3. The number of carbonyl (C=O) groups excluding carboxylic acids is 1. The number of hydrogen-bond acceptors (Lipinski definition) is 8. The number of benzene rings is 2. The van der Waals surface area contributed by atoms with E-state index in [1.54, 1.807) is 51.1 Å². The Labute approximate surface area is 273 Å². The molecule has 12 heteroatoms. The van der Waals surface area contributed by atoms with Gasteiger partial charge in [-0.1, -0.05) is 48.0 Å². The summed E-state index contributed by atoms with van der Waals surface area (Å²) >= 11 is 0. The fourth-order valence-electron chi connectivity index (χ4n) is 4.70. The van der Waals surface area contributed by atoms with Gasteiger partial charge in [0.1, 0.15) is 17.1 Å². The van der Waals surface area contributed by atoms with Crippen molar-refractivity contribution in [3.63, 3.8) is 0 Å². The van der Waals surface area contributed by atoms with Gasteiger partial charge in [-0.2, -0.15) is 12.8 Å². The Hall–Kier alpha value is -4.65. The molecule has 3 heterocycles. The first-order valence-corrected chi connectivity index (χ1v) is 16.5. The van der Waals surface area contributed by atoms with E-state index >= 15 is 4.39 Å². The Morgan fingerprint density at radius 1 is 0.830 bits per heavy atom. The molecule has 2 aromatic carbocycles. The van der Waals surface area contributed by atoms with E-state index in [1.807, 2.05) is 54.9 Å². The van der Waals surface area contributed by atoms with Crippen LogP contribution in [-0.2, 0) is 23.8 Å². The maximum atomic E-state index is 15.5. The van der Waals surface area contributed by atoms with Gasteiger partial charge in [-0.3, -0.25) is 9.08 Å². The lowest BCUT2D eigenvalue weighted by molar-refractivity contribution is 0.0551. The lowest BCUT2D eigenvalue weighted by Gasteiger charge is -2.27. The first-order chi connectivity index (χ1) is 22.3. The minimum Gasteiger partial charge on any atom is -0.443 e. The lowest BCUT2D eigenvalue weighted by Crippen LogP contribution is -2.39. The zero-order valence-electron chi connectivity index (χ0n) is 26.9. The second-order valence-electron chi connectivity index (χ2n) is 12.0. The Morgan fingerprint density at radius 3 is 2.19 bits per heavy atom. The summed E-state index contributed by atoms with van der Waals surface area (Å²) in [7, 11) is -3.93. The molecule has 47 heavy (non-hydrogen) atoms. The maximum absolute atomic E-state index is 15.5. The maximum Gasteiger partial charge on any atom is 0.416 e. The van der Waals surface area contributed by atoms with E-state index in [4.69, 9.17) is 13.7 Å². The molecule has 0 bridgehead atoms. The summed E-state index contributed by atoms with van der Waals surface area (Å²) in [6.45, 7) is 8.72. The summed E-state index contributed by atoms with van der Waals surface area (Å²) in [6.07, 6.45) is 3.22. The van der Waals surface area contributed by atoms with Gasteiger partial charge in [0.05, 0.1) is 37.0 Å². The van der Waals surface area contributed by atoms with E-state index < -0.39 is 27.8 Å². The van der Waals surface area contributed by atoms with Crippen molar-refractivity contribution in [1.82, 2.24) is 14.4 Å². The molecule has 246 valence electrons. The second-order valence-corrected chi connectivity index (χ2v) is 13.6. The number of hydrogen-bond donors (Lipinski definition) is 0. The molecule has 5 rings (SSSR count). The fraction of sp³-hybridized carbons (Fsp3) is 0.286. The van der Waals surface area contributed by atoms with Crippen molar-refractivity contribution >= 4 is 27.7 Å². The molecule has 0 saturated heterocycles. The molecule has 3 aromatic heterocycles. The van der Waals surface area contributed by atoms with Crippen molar-refractivity contribution in [2.24, 2.45) is 0 Å². The van der Waals surface area contributed by atoms with Crippen molar-refractivity contribution in [1.29, 1.82) is 0 Å². The van der Waals surface area contributed by atoms with Crippen LogP contribution in [0.5, 0.6) is 0 Å². The van der Waals surface area contributed by atoms with Crippen molar-refractivity contribution in [2.75, 3.05) is 31.3 Å². The van der Waals surface area contributed by atoms with E-state index in [0.29, 0.717) is 5.56 Å². The molecule has 0 spiro atoms. The summed E-state index contributed by atoms with van der Waals surface area (Å²) in [4.78, 5) is 23.1. The third-order valence-corrected chi connectivity index (χ3v) is 8.38. The topological polar surface area (TPSA) is 112 Å². The van der Waals surface area contributed by atoms with Gasteiger partial charge in [-0.25, -0.2) is 14.8 Å². The molecule has 0 saturated carbocycles. The molecule has 0 aliphatic heterocycles. The molecule has 1 amide bonds. The summed E-state index contributed by atoms with van der Waals surface area (Å²) in [5.74, 6) is -0.721. The molecule has 0 aliphatic rings. The van der Waals surface area contributed by atoms with Crippen molar-refractivity contribution < 1.29 is 31.3 Å². The smallest absolute Gasteiger partial charge is 0.416 e. The first kappa shape index (κ1) is 33.7. The average Bonchev–Trinajstić information content (AvgIpc) is 3.43. The lowest BCUT2D eigenvalue weighted by atomic mass is 10.0. The summed E-state index contributed by atoms with van der Waals surface area (Å²) in [5, 5.41) is 0. The summed E-state index contributed by atoms with van der Waals surface area (Å²) < 4.78 is 58.3. The van der Waals surface area contributed by atoms with Crippen LogP contribution in [0.2, 0.25) is 0 Å². The number of halogens is 1. The number of amides is 1. The van der Waals surface area contributed by atoms with E-state index in [2.05, 4.69) is 9.97 Å². The molecule has 10 nitrogen and oxygen atoms in total. The van der Waals surface area contributed by atoms with Crippen molar-refractivity contribution in [3.05, 3.63) is 102 Å². The minimum atomic E-state index is -3.93. The van der Waals surface area contributed by atoms with Crippen LogP contribution in [0.1, 0.15) is 31.9 Å².